The standard InChI is InChI=1S/C12H16N4O2/c1-12(2)10(17)16(11(18)15-12)7-8-3-4-14-9(5-8)6-13/h3-5H,6-7,13H2,1-2H3,(H,15,18). The van der Waals surface area contributed by atoms with Crippen molar-refractivity contribution in [2.24, 2.45) is 5.73 Å². The number of hydrogen-bond donors (Lipinski definition) is 2. The summed E-state index contributed by atoms with van der Waals surface area (Å²) < 4.78 is 0. The summed E-state index contributed by atoms with van der Waals surface area (Å²) in [6, 6.07) is 3.20. The average Bonchev–Trinajstić information content (AvgIpc) is 2.52. The average molecular weight is 248 g/mol. The number of urea groups is 1. The van der Waals surface area contributed by atoms with Gasteiger partial charge in [-0.05, 0) is 31.5 Å². The van der Waals surface area contributed by atoms with Crippen LogP contribution in [0.2, 0.25) is 0 Å². The summed E-state index contributed by atoms with van der Waals surface area (Å²) in [5, 5.41) is 2.64. The number of hydrogen-bond acceptors (Lipinski definition) is 4. The highest BCUT2D eigenvalue weighted by atomic mass is 16.2. The van der Waals surface area contributed by atoms with Crippen LogP contribution in [0, 0.1) is 0 Å². The van der Waals surface area contributed by atoms with Gasteiger partial charge in [0.15, 0.2) is 0 Å². The predicted molar refractivity (Wildman–Crippen MR) is 65.3 cm³/mol. The number of carbonyl (C=O) groups is 2. The molecule has 0 bridgehead atoms. The highest BCUT2D eigenvalue weighted by Crippen LogP contribution is 2.19. The minimum atomic E-state index is -0.833. The number of rotatable bonds is 3. The van der Waals surface area contributed by atoms with Crippen LogP contribution in [-0.4, -0.2) is 27.4 Å². The van der Waals surface area contributed by atoms with Crippen LogP contribution in [0.1, 0.15) is 25.1 Å². The van der Waals surface area contributed by atoms with Crippen molar-refractivity contribution in [3.8, 4) is 0 Å². The van der Waals surface area contributed by atoms with Gasteiger partial charge in [0.2, 0.25) is 0 Å². The molecule has 1 aliphatic rings. The fourth-order valence-corrected chi connectivity index (χ4v) is 1.88. The van der Waals surface area contributed by atoms with Gasteiger partial charge in [-0.25, -0.2) is 4.79 Å². The van der Waals surface area contributed by atoms with Gasteiger partial charge in [0.25, 0.3) is 5.91 Å². The van der Waals surface area contributed by atoms with E-state index in [1.54, 1.807) is 32.2 Å². The first-order valence-corrected chi connectivity index (χ1v) is 5.72. The molecule has 6 nitrogen and oxygen atoms in total. The molecule has 1 aliphatic heterocycles. The van der Waals surface area contributed by atoms with E-state index in [1.165, 1.54) is 4.90 Å². The van der Waals surface area contributed by atoms with Gasteiger partial charge in [-0.2, -0.15) is 0 Å². The zero-order valence-corrected chi connectivity index (χ0v) is 10.4. The fraction of sp³-hybridized carbons (Fsp3) is 0.417. The van der Waals surface area contributed by atoms with E-state index in [0.29, 0.717) is 6.54 Å². The molecule has 0 spiro atoms. The van der Waals surface area contributed by atoms with Gasteiger partial charge in [-0.3, -0.25) is 14.7 Å². The molecule has 0 unspecified atom stereocenters. The molecule has 2 rings (SSSR count). The zero-order valence-electron chi connectivity index (χ0n) is 10.4. The summed E-state index contributed by atoms with van der Waals surface area (Å²) >= 11 is 0. The molecule has 1 saturated heterocycles. The summed E-state index contributed by atoms with van der Waals surface area (Å²) in [6.45, 7) is 3.94. The number of imide groups is 1. The lowest BCUT2D eigenvalue weighted by Crippen LogP contribution is -2.40. The van der Waals surface area contributed by atoms with Crippen LogP contribution >= 0.6 is 0 Å². The van der Waals surface area contributed by atoms with Crippen LogP contribution in [-0.2, 0) is 17.9 Å². The Morgan fingerprint density at radius 3 is 2.72 bits per heavy atom. The first kappa shape index (κ1) is 12.5. The summed E-state index contributed by atoms with van der Waals surface area (Å²) in [6.07, 6.45) is 1.63. The Morgan fingerprint density at radius 1 is 1.44 bits per heavy atom. The summed E-state index contributed by atoms with van der Waals surface area (Å²) in [5.41, 5.74) is 6.24. The maximum atomic E-state index is 12.0. The topological polar surface area (TPSA) is 88.3 Å². The van der Waals surface area contributed by atoms with Crippen molar-refractivity contribution in [1.82, 2.24) is 15.2 Å². The van der Waals surface area contributed by atoms with E-state index in [0.717, 1.165) is 11.3 Å². The van der Waals surface area contributed by atoms with Gasteiger partial charge in [0.05, 0.1) is 12.2 Å². The number of amides is 3. The zero-order chi connectivity index (χ0) is 13.3. The molecule has 0 atom stereocenters. The molecule has 6 heteroatoms. The van der Waals surface area contributed by atoms with Crippen LogP contribution in [0.5, 0.6) is 0 Å². The largest absolute Gasteiger partial charge is 0.325 e. The van der Waals surface area contributed by atoms with Crippen molar-refractivity contribution >= 4 is 11.9 Å². The van der Waals surface area contributed by atoms with Gasteiger partial charge in [-0.1, -0.05) is 0 Å². The number of nitrogens with one attached hydrogen (secondary N) is 1. The van der Waals surface area contributed by atoms with Crippen LogP contribution in [0.4, 0.5) is 4.79 Å². The third-order valence-electron chi connectivity index (χ3n) is 2.88. The molecule has 1 aromatic heterocycles. The van der Waals surface area contributed by atoms with Gasteiger partial charge < -0.3 is 11.1 Å². The number of aromatic nitrogens is 1. The SMILES string of the molecule is CC1(C)NC(=O)N(Cc2ccnc(CN)c2)C1=O. The molecule has 3 N–H and O–H groups in total. The minimum Gasteiger partial charge on any atom is -0.325 e. The lowest BCUT2D eigenvalue weighted by molar-refractivity contribution is -0.130. The summed E-state index contributed by atoms with van der Waals surface area (Å²) in [7, 11) is 0. The van der Waals surface area contributed by atoms with Crippen molar-refractivity contribution in [3.63, 3.8) is 0 Å². The fourth-order valence-electron chi connectivity index (χ4n) is 1.88. The van der Waals surface area contributed by atoms with Crippen molar-refractivity contribution in [1.29, 1.82) is 0 Å². The molecule has 3 amide bonds. The smallest absolute Gasteiger partial charge is 0.325 e. The van der Waals surface area contributed by atoms with Crippen molar-refractivity contribution in [2.75, 3.05) is 0 Å². The molecule has 96 valence electrons. The first-order chi connectivity index (χ1) is 8.44. The Bertz CT molecular complexity index is 499. The number of nitrogens with zero attached hydrogens (tertiary/aromatic N) is 2. The Hall–Kier alpha value is -1.95. The van der Waals surface area contributed by atoms with Gasteiger partial charge in [0, 0.05) is 12.7 Å². The van der Waals surface area contributed by atoms with E-state index >= 15 is 0 Å². The third kappa shape index (κ3) is 2.19. The number of nitrogens with two attached hydrogens (primary N) is 1. The van der Waals surface area contributed by atoms with E-state index in [-0.39, 0.29) is 18.5 Å². The van der Waals surface area contributed by atoms with Gasteiger partial charge >= 0.3 is 6.03 Å². The second-order valence-corrected chi connectivity index (χ2v) is 4.81. The van der Waals surface area contributed by atoms with E-state index in [2.05, 4.69) is 10.3 Å². The normalized spacial score (nSPS) is 18.1. The lowest BCUT2D eigenvalue weighted by atomic mass is 10.1. The summed E-state index contributed by atoms with van der Waals surface area (Å²) in [5.74, 6) is -0.224. The molecule has 1 fully saturated rings. The molecule has 1 aromatic rings. The van der Waals surface area contributed by atoms with E-state index in [4.69, 9.17) is 5.73 Å². The molecule has 2 heterocycles. The second kappa shape index (κ2) is 4.38. The van der Waals surface area contributed by atoms with E-state index in [1.807, 2.05) is 0 Å². The number of pyridine rings is 1. The Labute approximate surface area is 105 Å². The minimum absolute atomic E-state index is 0.224. The Balaban J connectivity index is 2.19. The van der Waals surface area contributed by atoms with E-state index < -0.39 is 5.54 Å². The molecular formula is C12H16N4O2. The van der Waals surface area contributed by atoms with E-state index in [9.17, 15) is 9.59 Å². The second-order valence-electron chi connectivity index (χ2n) is 4.81. The molecule has 18 heavy (non-hydrogen) atoms. The molecular weight excluding hydrogens is 232 g/mol. The summed E-state index contributed by atoms with van der Waals surface area (Å²) in [4.78, 5) is 29.0. The maximum Gasteiger partial charge on any atom is 0.325 e. The van der Waals surface area contributed by atoms with Gasteiger partial charge in [-0.15, -0.1) is 0 Å². The highest BCUT2D eigenvalue weighted by Gasteiger charge is 2.43. The van der Waals surface area contributed by atoms with Crippen molar-refractivity contribution in [2.45, 2.75) is 32.5 Å². The highest BCUT2D eigenvalue weighted by molar-refractivity contribution is 6.06. The lowest BCUT2D eigenvalue weighted by Gasteiger charge is -2.16. The van der Waals surface area contributed by atoms with Crippen LogP contribution in [0.3, 0.4) is 0 Å². The van der Waals surface area contributed by atoms with Gasteiger partial charge in [0.1, 0.15) is 5.54 Å². The first-order valence-electron chi connectivity index (χ1n) is 5.72. The van der Waals surface area contributed by atoms with Crippen molar-refractivity contribution in [3.05, 3.63) is 29.6 Å². The monoisotopic (exact) mass is 248 g/mol. The number of carbonyl (C=O) groups excluding carboxylic acids is 2. The Morgan fingerprint density at radius 2 is 2.17 bits per heavy atom. The molecule has 0 saturated carbocycles. The predicted octanol–water partition coefficient (Wildman–Crippen LogP) is 0.371. The quantitative estimate of drug-likeness (QED) is 0.756. The van der Waals surface area contributed by atoms with Crippen LogP contribution in [0.25, 0.3) is 0 Å². The maximum absolute atomic E-state index is 12.0. The van der Waals surface area contributed by atoms with Crippen molar-refractivity contribution < 1.29 is 9.59 Å². The van der Waals surface area contributed by atoms with Crippen LogP contribution in [0.15, 0.2) is 18.3 Å². The molecule has 0 aliphatic carbocycles. The third-order valence-corrected chi connectivity index (χ3v) is 2.88. The molecule has 0 radical (unpaired) electrons. The molecule has 0 aromatic carbocycles. The Kier molecular flexibility index (Phi) is 3.04. The van der Waals surface area contributed by atoms with Crippen LogP contribution < -0.4 is 11.1 Å².